The normalized spacial score (nSPS) is 17.2. The van der Waals surface area contributed by atoms with Crippen LogP contribution in [0.3, 0.4) is 0 Å². The molecule has 2 amide bonds. The summed E-state index contributed by atoms with van der Waals surface area (Å²) >= 11 is 0. The molecule has 1 fully saturated rings. The van der Waals surface area contributed by atoms with Gasteiger partial charge in [0.05, 0.1) is 0 Å². The number of anilines is 1. The van der Waals surface area contributed by atoms with E-state index < -0.39 is 5.82 Å². The maximum Gasteiger partial charge on any atom is 0.322 e. The van der Waals surface area contributed by atoms with E-state index >= 15 is 0 Å². The van der Waals surface area contributed by atoms with Crippen LogP contribution in [0.4, 0.5) is 14.9 Å². The van der Waals surface area contributed by atoms with Crippen molar-refractivity contribution in [2.24, 2.45) is 5.92 Å². The average molecular weight is 344 g/mol. The van der Waals surface area contributed by atoms with Crippen LogP contribution in [0.2, 0.25) is 0 Å². The minimum Gasteiger partial charge on any atom is -0.455 e. The van der Waals surface area contributed by atoms with Crippen LogP contribution >= 0.6 is 0 Å². The number of hydrogen-bond donors (Lipinski definition) is 2. The predicted molar refractivity (Wildman–Crippen MR) is 93.3 cm³/mol. The summed E-state index contributed by atoms with van der Waals surface area (Å²) in [6.07, 6.45) is 1.71. The van der Waals surface area contributed by atoms with Crippen molar-refractivity contribution >= 4 is 11.7 Å². The summed E-state index contributed by atoms with van der Waals surface area (Å²) in [4.78, 5) is 14.1. The number of halogens is 1. The summed E-state index contributed by atoms with van der Waals surface area (Å²) in [5, 5.41) is 11.9. The molecule has 1 heterocycles. The molecule has 1 saturated heterocycles. The number of urea groups is 1. The zero-order chi connectivity index (χ0) is 17.6. The molecule has 0 radical (unpaired) electrons. The molecule has 0 saturated carbocycles. The lowest BCUT2D eigenvalue weighted by molar-refractivity contribution is 0.136. The molecule has 2 aromatic rings. The molecule has 3 rings (SSSR count). The maximum absolute atomic E-state index is 14.3. The first-order valence-corrected chi connectivity index (χ1v) is 8.35. The highest BCUT2D eigenvalue weighted by molar-refractivity contribution is 5.91. The second-order valence-corrected chi connectivity index (χ2v) is 6.10. The minimum atomic E-state index is -0.558. The smallest absolute Gasteiger partial charge is 0.322 e. The Morgan fingerprint density at radius 2 is 2.04 bits per heavy atom. The van der Waals surface area contributed by atoms with Gasteiger partial charge in [0.15, 0.2) is 11.6 Å². The van der Waals surface area contributed by atoms with E-state index in [9.17, 15) is 14.3 Å². The molecule has 5 nitrogen and oxygen atoms in total. The van der Waals surface area contributed by atoms with Crippen molar-refractivity contribution in [3.8, 4) is 11.5 Å². The summed E-state index contributed by atoms with van der Waals surface area (Å²) in [6, 6.07) is 13.0. The van der Waals surface area contributed by atoms with Gasteiger partial charge in [-0.3, -0.25) is 0 Å². The quantitative estimate of drug-likeness (QED) is 0.885. The second-order valence-electron chi connectivity index (χ2n) is 6.10. The number of likely N-dealkylation sites (tertiary alicyclic amines) is 1. The molecule has 2 aromatic carbocycles. The SMILES string of the molecule is O=C(Nc1c(F)cccc1Oc1ccccc1)N1CCCC(CO)C1. The number of aliphatic hydroxyl groups excluding tert-OH is 1. The minimum absolute atomic E-state index is 0.0162. The van der Waals surface area contributed by atoms with Crippen LogP contribution in [0.25, 0.3) is 0 Å². The van der Waals surface area contributed by atoms with E-state index in [1.54, 1.807) is 23.1 Å². The number of benzene rings is 2. The van der Waals surface area contributed by atoms with Crippen LogP contribution in [0.15, 0.2) is 48.5 Å². The van der Waals surface area contributed by atoms with E-state index in [-0.39, 0.29) is 30.0 Å². The maximum atomic E-state index is 14.3. The van der Waals surface area contributed by atoms with E-state index in [0.717, 1.165) is 12.8 Å². The number of ether oxygens (including phenoxy) is 1. The third-order valence-electron chi connectivity index (χ3n) is 4.24. The van der Waals surface area contributed by atoms with Gasteiger partial charge in [-0.05, 0) is 43.0 Å². The van der Waals surface area contributed by atoms with Crippen molar-refractivity contribution in [3.05, 3.63) is 54.3 Å². The van der Waals surface area contributed by atoms with Crippen molar-refractivity contribution in [1.29, 1.82) is 0 Å². The molecule has 6 heteroatoms. The summed E-state index contributed by atoms with van der Waals surface area (Å²) < 4.78 is 20.0. The number of rotatable bonds is 4. The second kappa shape index (κ2) is 7.98. The number of carbonyl (C=O) groups excluding carboxylic acids is 1. The van der Waals surface area contributed by atoms with Gasteiger partial charge in [0.25, 0.3) is 0 Å². The molecule has 0 spiro atoms. The molecule has 25 heavy (non-hydrogen) atoms. The molecule has 1 aliphatic rings. The van der Waals surface area contributed by atoms with Crippen LogP contribution < -0.4 is 10.1 Å². The zero-order valence-corrected chi connectivity index (χ0v) is 13.8. The van der Waals surface area contributed by atoms with Crippen LogP contribution in [0.5, 0.6) is 11.5 Å². The number of carbonyl (C=O) groups is 1. The zero-order valence-electron chi connectivity index (χ0n) is 13.8. The number of amides is 2. The standard InChI is InChI=1S/C19H21FN2O3/c20-16-9-4-10-17(25-15-7-2-1-3-8-15)18(16)21-19(24)22-11-5-6-14(12-22)13-23/h1-4,7-10,14,23H,5-6,11-13H2,(H,21,24). The van der Waals surface area contributed by atoms with Gasteiger partial charge in [0.1, 0.15) is 11.4 Å². The molecule has 0 aliphatic carbocycles. The first-order valence-electron chi connectivity index (χ1n) is 8.35. The Bertz CT molecular complexity index is 724. The number of para-hydroxylation sites is 2. The number of nitrogens with one attached hydrogen (secondary N) is 1. The molecular weight excluding hydrogens is 323 g/mol. The van der Waals surface area contributed by atoms with Crippen LogP contribution in [0.1, 0.15) is 12.8 Å². The molecule has 132 valence electrons. The highest BCUT2D eigenvalue weighted by Gasteiger charge is 2.24. The molecule has 2 N–H and O–H groups in total. The van der Waals surface area contributed by atoms with Crippen molar-refractivity contribution in [1.82, 2.24) is 4.90 Å². The summed E-state index contributed by atoms with van der Waals surface area (Å²) in [5.41, 5.74) is 0.0162. The topological polar surface area (TPSA) is 61.8 Å². The monoisotopic (exact) mass is 344 g/mol. The first kappa shape index (κ1) is 17.2. The van der Waals surface area contributed by atoms with E-state index in [4.69, 9.17) is 4.74 Å². The molecule has 0 aromatic heterocycles. The Labute approximate surface area is 146 Å². The third kappa shape index (κ3) is 4.28. The van der Waals surface area contributed by atoms with Gasteiger partial charge in [-0.1, -0.05) is 24.3 Å². The largest absolute Gasteiger partial charge is 0.455 e. The molecule has 1 atom stereocenters. The Hall–Kier alpha value is -2.60. The average Bonchev–Trinajstić information content (AvgIpc) is 2.65. The Morgan fingerprint density at radius 3 is 2.80 bits per heavy atom. The van der Waals surface area contributed by atoms with Gasteiger partial charge in [-0.15, -0.1) is 0 Å². The highest BCUT2D eigenvalue weighted by atomic mass is 19.1. The van der Waals surface area contributed by atoms with E-state index in [0.29, 0.717) is 18.8 Å². The third-order valence-corrected chi connectivity index (χ3v) is 4.24. The van der Waals surface area contributed by atoms with Crippen molar-refractivity contribution in [2.45, 2.75) is 12.8 Å². The lowest BCUT2D eigenvalue weighted by Crippen LogP contribution is -2.43. The molecular formula is C19H21FN2O3. The van der Waals surface area contributed by atoms with Crippen LogP contribution in [0, 0.1) is 11.7 Å². The fourth-order valence-corrected chi connectivity index (χ4v) is 2.91. The molecule has 1 unspecified atom stereocenters. The van der Waals surface area contributed by atoms with Gasteiger partial charge >= 0.3 is 6.03 Å². The van der Waals surface area contributed by atoms with Gasteiger partial charge in [-0.25, -0.2) is 9.18 Å². The number of aliphatic hydroxyl groups is 1. The van der Waals surface area contributed by atoms with E-state index in [1.807, 2.05) is 18.2 Å². The fraction of sp³-hybridized carbons (Fsp3) is 0.316. The molecule has 0 bridgehead atoms. The van der Waals surface area contributed by atoms with Crippen molar-refractivity contribution in [3.63, 3.8) is 0 Å². The van der Waals surface area contributed by atoms with Gasteiger partial charge in [0, 0.05) is 19.7 Å². The highest BCUT2D eigenvalue weighted by Crippen LogP contribution is 2.32. The van der Waals surface area contributed by atoms with Gasteiger partial charge < -0.3 is 20.1 Å². The summed E-state index contributed by atoms with van der Waals surface area (Å²) in [6.45, 7) is 1.10. The van der Waals surface area contributed by atoms with Crippen LogP contribution in [-0.2, 0) is 0 Å². The van der Waals surface area contributed by atoms with Gasteiger partial charge in [-0.2, -0.15) is 0 Å². The van der Waals surface area contributed by atoms with Crippen molar-refractivity contribution in [2.75, 3.05) is 25.0 Å². The Morgan fingerprint density at radius 1 is 1.24 bits per heavy atom. The first-order chi connectivity index (χ1) is 12.2. The lowest BCUT2D eigenvalue weighted by atomic mass is 9.99. The summed E-state index contributed by atoms with van der Waals surface area (Å²) in [5.74, 6) is 0.315. The van der Waals surface area contributed by atoms with E-state index in [2.05, 4.69) is 5.32 Å². The van der Waals surface area contributed by atoms with Crippen molar-refractivity contribution < 1.29 is 19.0 Å². The number of nitrogens with zero attached hydrogens (tertiary/aromatic N) is 1. The van der Waals surface area contributed by atoms with Crippen LogP contribution in [-0.4, -0.2) is 35.7 Å². The molecule has 1 aliphatic heterocycles. The van der Waals surface area contributed by atoms with Gasteiger partial charge in [0.2, 0.25) is 0 Å². The van der Waals surface area contributed by atoms with E-state index in [1.165, 1.54) is 12.1 Å². The predicted octanol–water partition coefficient (Wildman–Crippen LogP) is 3.85. The Kier molecular flexibility index (Phi) is 5.50. The fourth-order valence-electron chi connectivity index (χ4n) is 2.91. The number of piperidine rings is 1. The number of hydrogen-bond acceptors (Lipinski definition) is 3. The lowest BCUT2D eigenvalue weighted by Gasteiger charge is -2.32. The Balaban J connectivity index is 1.76. The summed E-state index contributed by atoms with van der Waals surface area (Å²) in [7, 11) is 0.